The van der Waals surface area contributed by atoms with Crippen molar-refractivity contribution < 1.29 is 62.2 Å². The van der Waals surface area contributed by atoms with E-state index < -0.39 is 29.6 Å². The van der Waals surface area contributed by atoms with E-state index in [0.717, 1.165) is 13.1 Å². The van der Waals surface area contributed by atoms with Gasteiger partial charge in [-0.25, -0.2) is 0 Å². The number of nitrogens with zero attached hydrogens (tertiary/aromatic N) is 3. The van der Waals surface area contributed by atoms with E-state index in [1.54, 1.807) is 0 Å². The van der Waals surface area contributed by atoms with E-state index in [9.17, 15) is 17.3 Å². The van der Waals surface area contributed by atoms with E-state index in [0.29, 0.717) is 11.8 Å². The molecule has 0 radical (unpaired) electrons. The van der Waals surface area contributed by atoms with Crippen LogP contribution in [0.15, 0.2) is 24.3 Å². The van der Waals surface area contributed by atoms with E-state index in [-0.39, 0.29) is 0 Å². The number of rotatable bonds is 3. The van der Waals surface area contributed by atoms with E-state index in [2.05, 4.69) is 23.5 Å². The van der Waals surface area contributed by atoms with Crippen LogP contribution in [-0.2, 0) is 0 Å². The smallest absolute Gasteiger partial charge is 0.398 e. The maximum absolute atomic E-state index is 10.1. The highest BCUT2D eigenvalue weighted by Gasteiger charge is 2.14. The minimum absolute atomic E-state index is 0.348. The first-order chi connectivity index (χ1) is 13.2. The Labute approximate surface area is 166 Å². The summed E-state index contributed by atoms with van der Waals surface area (Å²) in [7, 11) is -10.7. The normalized spacial score (nSPS) is 13.1. The van der Waals surface area contributed by atoms with Crippen molar-refractivity contribution in [2.75, 3.05) is 13.1 Å². The van der Waals surface area contributed by atoms with Crippen LogP contribution in [0.3, 0.4) is 0 Å². The Morgan fingerprint density at radius 2 is 1.03 bits per heavy atom. The number of hydrogen-bond acceptors (Lipinski definition) is 9. The number of allylic oxidation sites excluding steroid dienone is 2. The molecule has 0 fully saturated rings. The highest BCUT2D eigenvalue weighted by molar-refractivity contribution is 6.32. The van der Waals surface area contributed by atoms with Crippen LogP contribution < -0.4 is 0 Å². The number of halogens is 4. The van der Waals surface area contributed by atoms with Gasteiger partial charge in [0.1, 0.15) is 0 Å². The Bertz CT molecular complexity index is 419. The fourth-order valence-electron chi connectivity index (χ4n) is 1.47. The lowest BCUT2D eigenvalue weighted by atomic mass is 10.1. The van der Waals surface area contributed by atoms with Crippen molar-refractivity contribution in [3.8, 4) is 0 Å². The van der Waals surface area contributed by atoms with Gasteiger partial charge in [-0.05, 0) is 13.1 Å². The van der Waals surface area contributed by atoms with Gasteiger partial charge in [-0.1, -0.05) is 26.0 Å². The van der Waals surface area contributed by atoms with Gasteiger partial charge in [0.05, 0.1) is 0 Å². The highest BCUT2D eigenvalue weighted by atomic mass is 19.1. The van der Waals surface area contributed by atoms with Crippen LogP contribution in [0.5, 0.6) is 0 Å². The molecule has 0 bridgehead atoms. The summed E-state index contributed by atoms with van der Waals surface area (Å²) in [6, 6.07) is 0.348. The molecule has 0 saturated heterocycles. The van der Waals surface area contributed by atoms with Gasteiger partial charge in [0, 0.05) is 18.2 Å². The second-order valence-electron chi connectivity index (χ2n) is 4.20. The average molecular weight is 433 g/mol. The van der Waals surface area contributed by atoms with Crippen LogP contribution in [0.4, 0.5) is 17.3 Å². The minimum atomic E-state index is -2.67. The molecule has 166 valence electrons. The van der Waals surface area contributed by atoms with Crippen molar-refractivity contribution in [3.63, 3.8) is 0 Å². The van der Waals surface area contributed by atoms with Gasteiger partial charge in [0.15, 0.2) is 0 Å². The lowest BCUT2D eigenvalue weighted by molar-refractivity contribution is -0.00174. The van der Waals surface area contributed by atoms with Crippen molar-refractivity contribution in [1.82, 2.24) is 4.90 Å². The predicted octanol–water partition coefficient (Wildman–Crippen LogP) is -2.80. The summed E-state index contributed by atoms with van der Waals surface area (Å²) in [6.07, 6.45) is 7.76. The second kappa shape index (κ2) is 24.5. The fraction of sp³-hybridized carbons (Fsp3) is 0.500. The topological polar surface area (TPSA) is 201 Å². The molecule has 1 rings (SSSR count). The van der Waals surface area contributed by atoms with Crippen molar-refractivity contribution in [2.45, 2.75) is 19.9 Å². The monoisotopic (exact) mass is 433 g/mol. The van der Waals surface area contributed by atoms with Crippen LogP contribution in [-0.4, -0.2) is 104 Å². The third-order valence-electron chi connectivity index (χ3n) is 2.28. The van der Waals surface area contributed by atoms with Crippen LogP contribution in [0.25, 0.3) is 5.53 Å². The van der Waals surface area contributed by atoms with Gasteiger partial charge in [-0.3, -0.25) is 22.2 Å². The zero-order chi connectivity index (χ0) is 24.0. The molecule has 1 aliphatic carbocycles. The summed E-state index contributed by atoms with van der Waals surface area (Å²) in [6.45, 7) is 6.34. The standard InChI is InChI=1S/C10H15N3.4BFH2O2/c1-3-13(4-2)10-7-5-9(12-11)6-8-10;4*2-1(3)4/h5-8,10H,3-4H2,1-2H3;4*3-4H. The van der Waals surface area contributed by atoms with Crippen LogP contribution in [0.2, 0.25) is 0 Å². The van der Waals surface area contributed by atoms with Crippen LogP contribution in [0.1, 0.15) is 13.8 Å². The largest absolute Gasteiger partial charge is 0.674 e. The van der Waals surface area contributed by atoms with Gasteiger partial charge in [-0.15, -0.1) is 0 Å². The lowest BCUT2D eigenvalue weighted by Crippen LogP contribution is -2.33. The van der Waals surface area contributed by atoms with E-state index >= 15 is 0 Å². The molecule has 0 aromatic rings. The Kier molecular flexibility index (Phi) is 29.5. The van der Waals surface area contributed by atoms with Crippen LogP contribution in [0, 0.1) is 0 Å². The van der Waals surface area contributed by atoms with Gasteiger partial charge in [-0.2, -0.15) is 4.79 Å². The Balaban J connectivity index is -0.000000162. The van der Waals surface area contributed by atoms with Crippen LogP contribution >= 0.6 is 0 Å². The molecule has 11 nitrogen and oxygen atoms in total. The first-order valence-electron chi connectivity index (χ1n) is 7.58. The summed E-state index contributed by atoms with van der Waals surface area (Å²) >= 11 is 0. The first-order valence-corrected chi connectivity index (χ1v) is 7.58. The van der Waals surface area contributed by atoms with E-state index in [4.69, 9.17) is 45.7 Å². The van der Waals surface area contributed by atoms with E-state index in [1.165, 1.54) is 0 Å². The molecule has 19 heteroatoms. The molecule has 0 aromatic carbocycles. The molecule has 0 aliphatic heterocycles. The van der Waals surface area contributed by atoms with Gasteiger partial charge < -0.3 is 45.7 Å². The third kappa shape index (κ3) is 46.5. The molecule has 0 aromatic heterocycles. The zero-order valence-electron chi connectivity index (χ0n) is 15.5. The molecule has 0 spiro atoms. The number of likely N-dealkylation sites (N-methyl/N-ethyl adjacent to an activating group) is 1. The highest BCUT2D eigenvalue weighted by Crippen LogP contribution is 2.07. The van der Waals surface area contributed by atoms with Crippen molar-refractivity contribution in [1.29, 1.82) is 0 Å². The maximum Gasteiger partial charge on any atom is 0.674 e. The molecule has 0 heterocycles. The predicted molar refractivity (Wildman–Crippen MR) is 98.8 cm³/mol. The first kappa shape index (κ1) is 35.0. The quantitative estimate of drug-likeness (QED) is 0.100. The summed E-state index contributed by atoms with van der Waals surface area (Å²) in [4.78, 5) is 5.44. The fourth-order valence-corrected chi connectivity index (χ4v) is 1.47. The molecule has 0 unspecified atom stereocenters. The Hall–Kier alpha value is -1.52. The Morgan fingerprint density at radius 3 is 1.21 bits per heavy atom. The van der Waals surface area contributed by atoms with Gasteiger partial charge in [0.25, 0.3) is 0 Å². The zero-order valence-corrected chi connectivity index (χ0v) is 15.5. The molecular formula is C10H23B4F4N3O8. The van der Waals surface area contributed by atoms with E-state index in [1.807, 2.05) is 24.3 Å². The lowest BCUT2D eigenvalue weighted by Gasteiger charge is -2.24. The minimum Gasteiger partial charge on any atom is -0.398 e. The second-order valence-corrected chi connectivity index (χ2v) is 4.20. The van der Waals surface area contributed by atoms with Crippen molar-refractivity contribution in [3.05, 3.63) is 29.8 Å². The number of hydrogen-bond donors (Lipinski definition) is 8. The Morgan fingerprint density at radius 1 is 0.793 bits per heavy atom. The average Bonchev–Trinajstić information content (AvgIpc) is 2.54. The molecule has 1 aliphatic rings. The summed E-state index contributed by atoms with van der Waals surface area (Å²) in [5, 5.41) is 55.6. The SMILES string of the molecule is CCN(CC)C1C=CC(=[N+]=[N-])C=C1.OB(O)F.OB(O)F.OB(O)F.OB(O)F. The molecule has 0 saturated carbocycles. The molecular weight excluding hydrogens is 409 g/mol. The molecule has 0 atom stereocenters. The summed E-state index contributed by atoms with van der Waals surface area (Å²) in [5.41, 5.74) is 9.12. The van der Waals surface area contributed by atoms with Gasteiger partial charge in [0.2, 0.25) is 0 Å². The summed E-state index contributed by atoms with van der Waals surface area (Å²) in [5.74, 6) is 0. The molecule has 8 N–H and O–H groups in total. The molecule has 0 amide bonds. The maximum atomic E-state index is 10.1. The third-order valence-corrected chi connectivity index (χ3v) is 2.28. The summed E-state index contributed by atoms with van der Waals surface area (Å²) < 4.78 is 40.4. The molecule has 29 heavy (non-hydrogen) atoms. The van der Waals surface area contributed by atoms with Crippen molar-refractivity contribution in [2.24, 2.45) is 0 Å². The van der Waals surface area contributed by atoms with Gasteiger partial charge >= 0.3 is 35.3 Å². The van der Waals surface area contributed by atoms with Crippen molar-refractivity contribution >= 4 is 35.3 Å².